The van der Waals surface area contributed by atoms with Crippen LogP contribution in [0.15, 0.2) is 30.3 Å². The summed E-state index contributed by atoms with van der Waals surface area (Å²) in [5.74, 6) is 1.72. The summed E-state index contributed by atoms with van der Waals surface area (Å²) in [6.45, 7) is 4.31. The predicted octanol–water partition coefficient (Wildman–Crippen LogP) is 5.16. The normalized spacial score (nSPS) is 13.1. The molecule has 0 amide bonds. The van der Waals surface area contributed by atoms with E-state index in [-0.39, 0.29) is 6.42 Å². The lowest BCUT2D eigenvalue weighted by Crippen LogP contribution is -2.32. The minimum absolute atomic E-state index is 0.280. The lowest BCUT2D eigenvalue weighted by molar-refractivity contribution is -0.138. The number of benzene rings is 2. The predicted molar refractivity (Wildman–Crippen MR) is 123 cm³/mol. The first kappa shape index (κ1) is 22.2. The fourth-order valence-corrected chi connectivity index (χ4v) is 4.79. The Hall–Kier alpha value is -1.07. The summed E-state index contributed by atoms with van der Waals surface area (Å²) < 4.78 is 13.5. The molecule has 2 aromatic rings. The van der Waals surface area contributed by atoms with E-state index < -0.39 is 12.0 Å². The number of rotatable bonds is 8. The molecule has 2 rings (SSSR count). The van der Waals surface area contributed by atoms with Crippen molar-refractivity contribution in [1.29, 1.82) is 0 Å². The van der Waals surface area contributed by atoms with Crippen LogP contribution in [-0.2, 0) is 11.2 Å². The van der Waals surface area contributed by atoms with Crippen LogP contribution in [0.25, 0.3) is 0 Å². The van der Waals surface area contributed by atoms with Crippen LogP contribution in [0.3, 0.4) is 0 Å². The Bertz CT molecular complexity index is 803. The van der Waals surface area contributed by atoms with Gasteiger partial charge in [-0.1, -0.05) is 13.8 Å². The van der Waals surface area contributed by atoms with E-state index in [1.807, 2.05) is 30.3 Å². The van der Waals surface area contributed by atoms with Crippen molar-refractivity contribution in [3.8, 4) is 17.2 Å². The van der Waals surface area contributed by atoms with Gasteiger partial charge >= 0.3 is 5.97 Å². The molecule has 2 aromatic carbocycles. The Balaban J connectivity index is 2.31. The Kier molecular flexibility index (Phi) is 8.17. The first-order valence-electron chi connectivity index (χ1n) is 8.58. The van der Waals surface area contributed by atoms with Crippen LogP contribution >= 0.6 is 45.2 Å². The Labute approximate surface area is 186 Å². The van der Waals surface area contributed by atoms with Crippen LogP contribution in [0.2, 0.25) is 0 Å². The first-order chi connectivity index (χ1) is 12.8. The van der Waals surface area contributed by atoms with E-state index in [9.17, 15) is 4.79 Å². The molecule has 7 heteroatoms. The lowest BCUT2D eigenvalue weighted by atomic mass is 9.97. The van der Waals surface area contributed by atoms with Crippen molar-refractivity contribution in [2.45, 2.75) is 38.6 Å². The summed E-state index contributed by atoms with van der Waals surface area (Å²) in [7, 11) is 1.67. The van der Waals surface area contributed by atoms with E-state index in [0.29, 0.717) is 5.92 Å². The van der Waals surface area contributed by atoms with E-state index in [0.717, 1.165) is 41.9 Å². The zero-order valence-corrected chi connectivity index (χ0v) is 19.8. The maximum Gasteiger partial charge on any atom is 0.320 e. The minimum atomic E-state index is -1.00. The Morgan fingerprint density at radius 1 is 1.22 bits per heavy atom. The number of carboxylic acid groups (broad SMARTS) is 1. The summed E-state index contributed by atoms with van der Waals surface area (Å²) in [4.78, 5) is 11.0. The molecular weight excluding hydrogens is 572 g/mol. The molecule has 2 unspecified atom stereocenters. The van der Waals surface area contributed by atoms with Gasteiger partial charge in [-0.05, 0) is 99.8 Å². The molecule has 0 saturated carbocycles. The summed E-state index contributed by atoms with van der Waals surface area (Å²) >= 11 is 4.41. The van der Waals surface area contributed by atoms with Crippen LogP contribution in [0, 0.1) is 7.14 Å². The van der Waals surface area contributed by atoms with Gasteiger partial charge in [0.1, 0.15) is 17.5 Å². The molecule has 146 valence electrons. The van der Waals surface area contributed by atoms with Gasteiger partial charge < -0.3 is 20.3 Å². The first-order valence-corrected chi connectivity index (χ1v) is 10.7. The molecule has 2 atom stereocenters. The van der Waals surface area contributed by atoms with Gasteiger partial charge in [-0.15, -0.1) is 0 Å². The third-order valence-electron chi connectivity index (χ3n) is 4.40. The molecule has 27 heavy (non-hydrogen) atoms. The number of carbonyl (C=O) groups is 1. The molecular formula is C20H23I2NO4. The van der Waals surface area contributed by atoms with Crippen molar-refractivity contribution in [3.05, 3.63) is 48.6 Å². The molecule has 0 heterocycles. The SMILES string of the molecule is CCC(C)c1cc(Oc2c(I)cc(CC(N)C(=O)O)cc2I)ccc1OC. The number of aliphatic carboxylic acids is 1. The molecule has 0 fully saturated rings. The van der Waals surface area contributed by atoms with E-state index in [4.69, 9.17) is 20.3 Å². The summed E-state index contributed by atoms with van der Waals surface area (Å²) in [5, 5.41) is 9.00. The highest BCUT2D eigenvalue weighted by Crippen LogP contribution is 2.37. The van der Waals surface area contributed by atoms with Gasteiger partial charge in [0.05, 0.1) is 14.3 Å². The average molecular weight is 595 g/mol. The number of methoxy groups -OCH3 is 1. The van der Waals surface area contributed by atoms with Crippen LogP contribution < -0.4 is 15.2 Å². The molecule has 0 aliphatic rings. The number of halogens is 2. The quantitative estimate of drug-likeness (QED) is 0.413. The second-order valence-corrected chi connectivity index (χ2v) is 8.68. The van der Waals surface area contributed by atoms with Crippen molar-refractivity contribution in [3.63, 3.8) is 0 Å². The number of nitrogens with two attached hydrogens (primary N) is 1. The third kappa shape index (κ3) is 5.71. The van der Waals surface area contributed by atoms with Crippen molar-refractivity contribution < 1.29 is 19.4 Å². The molecule has 0 spiro atoms. The van der Waals surface area contributed by atoms with Crippen molar-refractivity contribution in [1.82, 2.24) is 0 Å². The maximum absolute atomic E-state index is 11.0. The smallest absolute Gasteiger partial charge is 0.320 e. The largest absolute Gasteiger partial charge is 0.496 e. The van der Waals surface area contributed by atoms with Gasteiger partial charge in [0, 0.05) is 5.56 Å². The summed E-state index contributed by atoms with van der Waals surface area (Å²) in [6, 6.07) is 8.76. The van der Waals surface area contributed by atoms with E-state index in [1.165, 1.54) is 0 Å². The van der Waals surface area contributed by atoms with Gasteiger partial charge in [-0.25, -0.2) is 0 Å². The molecule has 5 nitrogen and oxygen atoms in total. The monoisotopic (exact) mass is 595 g/mol. The van der Waals surface area contributed by atoms with Crippen molar-refractivity contribution in [2.75, 3.05) is 7.11 Å². The van der Waals surface area contributed by atoms with Crippen LogP contribution in [0.1, 0.15) is 37.3 Å². The van der Waals surface area contributed by atoms with Crippen LogP contribution in [-0.4, -0.2) is 24.2 Å². The molecule has 0 aromatic heterocycles. The van der Waals surface area contributed by atoms with Crippen molar-refractivity contribution >= 4 is 51.2 Å². The molecule has 0 saturated heterocycles. The highest BCUT2D eigenvalue weighted by atomic mass is 127. The molecule has 0 aliphatic heterocycles. The molecule has 3 N–H and O–H groups in total. The molecule has 0 radical (unpaired) electrons. The van der Waals surface area contributed by atoms with E-state index in [1.54, 1.807) is 7.11 Å². The molecule has 0 aliphatic carbocycles. The van der Waals surface area contributed by atoms with Crippen LogP contribution in [0.4, 0.5) is 0 Å². The van der Waals surface area contributed by atoms with Gasteiger partial charge in [0.25, 0.3) is 0 Å². The fraction of sp³-hybridized carbons (Fsp3) is 0.350. The number of carboxylic acids is 1. The zero-order valence-electron chi connectivity index (χ0n) is 15.5. The maximum atomic E-state index is 11.0. The minimum Gasteiger partial charge on any atom is -0.496 e. The van der Waals surface area contributed by atoms with Crippen molar-refractivity contribution in [2.24, 2.45) is 5.73 Å². The standard InChI is InChI=1S/C20H23I2NO4/c1-4-11(2)14-10-13(5-6-18(14)26-3)27-19-15(21)7-12(8-16(19)22)9-17(23)20(24)25/h5-8,10-11,17H,4,9,23H2,1-3H3,(H,24,25). The van der Waals surface area contributed by atoms with Gasteiger partial charge in [-0.2, -0.15) is 0 Å². The topological polar surface area (TPSA) is 81.8 Å². The van der Waals surface area contributed by atoms with E-state index in [2.05, 4.69) is 59.0 Å². The number of hydrogen-bond acceptors (Lipinski definition) is 4. The lowest BCUT2D eigenvalue weighted by Gasteiger charge is -2.17. The summed E-state index contributed by atoms with van der Waals surface area (Å²) in [6.07, 6.45) is 1.29. The van der Waals surface area contributed by atoms with Gasteiger partial charge in [0.2, 0.25) is 0 Å². The number of hydrogen-bond donors (Lipinski definition) is 2. The molecule has 0 bridgehead atoms. The third-order valence-corrected chi connectivity index (χ3v) is 6.00. The second kappa shape index (κ2) is 9.92. The highest BCUT2D eigenvalue weighted by molar-refractivity contribution is 14.1. The van der Waals surface area contributed by atoms with E-state index >= 15 is 0 Å². The van der Waals surface area contributed by atoms with Crippen LogP contribution in [0.5, 0.6) is 17.2 Å². The Morgan fingerprint density at radius 2 is 1.85 bits per heavy atom. The second-order valence-electron chi connectivity index (χ2n) is 6.35. The van der Waals surface area contributed by atoms with Gasteiger partial charge in [-0.3, -0.25) is 4.79 Å². The van der Waals surface area contributed by atoms with Gasteiger partial charge in [0.15, 0.2) is 5.75 Å². The Morgan fingerprint density at radius 3 is 2.37 bits per heavy atom. The zero-order chi connectivity index (χ0) is 20.1. The summed E-state index contributed by atoms with van der Waals surface area (Å²) in [5.41, 5.74) is 7.64. The fourth-order valence-electron chi connectivity index (χ4n) is 2.67. The average Bonchev–Trinajstić information content (AvgIpc) is 2.63. The number of ether oxygens (including phenoxy) is 2. The highest BCUT2D eigenvalue weighted by Gasteiger charge is 2.17.